The van der Waals surface area contributed by atoms with Gasteiger partial charge in [-0.05, 0) is 43.2 Å². The minimum atomic E-state index is 0.422. The maximum absolute atomic E-state index is 4.45. The van der Waals surface area contributed by atoms with Crippen LogP contribution >= 0.6 is 0 Å². The molecule has 1 N–H and O–H groups in total. The van der Waals surface area contributed by atoms with Crippen molar-refractivity contribution in [2.75, 3.05) is 23.3 Å². The number of nitrogens with zero attached hydrogens (tertiary/aromatic N) is 3. The van der Waals surface area contributed by atoms with E-state index in [0.29, 0.717) is 6.04 Å². The lowest BCUT2D eigenvalue weighted by Gasteiger charge is -2.28. The molecular weight excluding hydrogens is 284 g/mol. The summed E-state index contributed by atoms with van der Waals surface area (Å²) in [5, 5.41) is 3.55. The van der Waals surface area contributed by atoms with Gasteiger partial charge in [0.1, 0.15) is 5.52 Å². The van der Waals surface area contributed by atoms with Crippen LogP contribution in [-0.4, -0.2) is 29.1 Å². The molecule has 0 bridgehead atoms. The van der Waals surface area contributed by atoms with Crippen molar-refractivity contribution in [1.82, 2.24) is 9.97 Å². The van der Waals surface area contributed by atoms with E-state index in [2.05, 4.69) is 51.4 Å². The molecule has 4 heteroatoms. The van der Waals surface area contributed by atoms with Crippen LogP contribution in [-0.2, 0) is 6.42 Å². The van der Waals surface area contributed by atoms with Crippen LogP contribution in [0.3, 0.4) is 0 Å². The quantitative estimate of drug-likeness (QED) is 0.801. The zero-order chi connectivity index (χ0) is 15.6. The van der Waals surface area contributed by atoms with Crippen molar-refractivity contribution >= 4 is 22.4 Å². The summed E-state index contributed by atoms with van der Waals surface area (Å²) >= 11 is 0. The fourth-order valence-electron chi connectivity index (χ4n) is 3.31. The minimum Gasteiger partial charge on any atom is -0.381 e. The largest absolute Gasteiger partial charge is 0.381 e. The number of anilines is 2. The summed E-state index contributed by atoms with van der Waals surface area (Å²) in [5.41, 5.74) is 5.74. The van der Waals surface area contributed by atoms with Crippen LogP contribution in [0, 0.1) is 0 Å². The Balaban J connectivity index is 1.51. The predicted octanol–water partition coefficient (Wildman–Crippen LogP) is 3.49. The van der Waals surface area contributed by atoms with Gasteiger partial charge < -0.3 is 10.2 Å². The van der Waals surface area contributed by atoms with Gasteiger partial charge >= 0.3 is 0 Å². The van der Waals surface area contributed by atoms with Gasteiger partial charge in [0.2, 0.25) is 0 Å². The number of nitrogens with one attached hydrogen (secondary N) is 1. The van der Waals surface area contributed by atoms with Gasteiger partial charge in [0.05, 0.1) is 11.2 Å². The number of para-hydroxylation sites is 1. The van der Waals surface area contributed by atoms with Gasteiger partial charge in [-0.15, -0.1) is 0 Å². The highest BCUT2D eigenvalue weighted by Gasteiger charge is 2.22. The third kappa shape index (κ3) is 2.61. The molecule has 0 aliphatic carbocycles. The summed E-state index contributed by atoms with van der Waals surface area (Å²) in [7, 11) is 0. The van der Waals surface area contributed by atoms with E-state index in [1.165, 1.54) is 11.3 Å². The Labute approximate surface area is 136 Å². The van der Waals surface area contributed by atoms with Crippen molar-refractivity contribution < 1.29 is 0 Å². The van der Waals surface area contributed by atoms with Crippen molar-refractivity contribution in [2.45, 2.75) is 19.4 Å². The van der Waals surface area contributed by atoms with Gasteiger partial charge in [-0.3, -0.25) is 9.97 Å². The maximum atomic E-state index is 4.45. The highest BCUT2D eigenvalue weighted by molar-refractivity contribution is 5.86. The molecule has 116 valence electrons. The molecule has 3 heterocycles. The zero-order valence-corrected chi connectivity index (χ0v) is 13.2. The van der Waals surface area contributed by atoms with Gasteiger partial charge in [0.15, 0.2) is 0 Å². The molecule has 23 heavy (non-hydrogen) atoms. The first-order valence-corrected chi connectivity index (χ1v) is 8.11. The standard InChI is InChI=1S/C19H20N4/c1-14(23-12-9-15-5-2-3-7-18(15)23)13-22-17-8-11-20-16-6-4-10-21-19(16)17/h2-8,10-11,14H,9,12-13H2,1H3,(H,20,22). The first-order chi connectivity index (χ1) is 11.3. The Hall–Kier alpha value is -2.62. The van der Waals surface area contributed by atoms with Crippen LogP contribution in [0.25, 0.3) is 11.0 Å². The first kappa shape index (κ1) is 14.0. The van der Waals surface area contributed by atoms with Crippen molar-refractivity contribution in [1.29, 1.82) is 0 Å². The number of hydrogen-bond acceptors (Lipinski definition) is 4. The second-order valence-electron chi connectivity index (χ2n) is 6.03. The van der Waals surface area contributed by atoms with E-state index in [-0.39, 0.29) is 0 Å². The Morgan fingerprint density at radius 1 is 1.09 bits per heavy atom. The molecule has 1 unspecified atom stereocenters. The zero-order valence-electron chi connectivity index (χ0n) is 13.2. The Morgan fingerprint density at radius 2 is 2.00 bits per heavy atom. The molecule has 0 radical (unpaired) electrons. The number of aromatic nitrogens is 2. The predicted molar refractivity (Wildman–Crippen MR) is 95.0 cm³/mol. The van der Waals surface area contributed by atoms with Gasteiger partial charge in [0.25, 0.3) is 0 Å². The summed E-state index contributed by atoms with van der Waals surface area (Å²) in [5.74, 6) is 0. The fourth-order valence-corrected chi connectivity index (χ4v) is 3.31. The highest BCUT2D eigenvalue weighted by atomic mass is 15.2. The van der Waals surface area contributed by atoms with Gasteiger partial charge in [-0.1, -0.05) is 18.2 Å². The molecule has 0 amide bonds. The molecule has 1 aromatic carbocycles. The van der Waals surface area contributed by atoms with E-state index in [1.807, 2.05) is 30.6 Å². The van der Waals surface area contributed by atoms with E-state index in [1.54, 1.807) is 0 Å². The van der Waals surface area contributed by atoms with Crippen molar-refractivity contribution in [3.8, 4) is 0 Å². The fraction of sp³-hybridized carbons (Fsp3) is 0.263. The molecule has 0 spiro atoms. The minimum absolute atomic E-state index is 0.422. The lowest BCUT2D eigenvalue weighted by atomic mass is 10.2. The summed E-state index contributed by atoms with van der Waals surface area (Å²) in [6.45, 7) is 4.24. The van der Waals surface area contributed by atoms with Crippen LogP contribution in [0.15, 0.2) is 54.9 Å². The second kappa shape index (κ2) is 5.88. The average Bonchev–Trinajstić information content (AvgIpc) is 3.04. The Bertz CT molecular complexity index is 825. The first-order valence-electron chi connectivity index (χ1n) is 8.11. The van der Waals surface area contributed by atoms with Gasteiger partial charge in [0, 0.05) is 37.2 Å². The molecule has 4 rings (SSSR count). The molecule has 1 aliphatic rings. The number of benzene rings is 1. The van der Waals surface area contributed by atoms with Crippen LogP contribution in [0.1, 0.15) is 12.5 Å². The maximum Gasteiger partial charge on any atom is 0.112 e. The summed E-state index contributed by atoms with van der Waals surface area (Å²) in [4.78, 5) is 11.3. The summed E-state index contributed by atoms with van der Waals surface area (Å²) < 4.78 is 0. The molecule has 0 fully saturated rings. The third-order valence-electron chi connectivity index (χ3n) is 4.54. The van der Waals surface area contributed by atoms with Crippen LogP contribution < -0.4 is 10.2 Å². The van der Waals surface area contributed by atoms with Crippen LogP contribution in [0.5, 0.6) is 0 Å². The van der Waals surface area contributed by atoms with Crippen molar-refractivity contribution in [3.63, 3.8) is 0 Å². The lowest BCUT2D eigenvalue weighted by Crippen LogP contribution is -2.36. The third-order valence-corrected chi connectivity index (χ3v) is 4.54. The van der Waals surface area contributed by atoms with Crippen LogP contribution in [0.2, 0.25) is 0 Å². The van der Waals surface area contributed by atoms with E-state index in [9.17, 15) is 0 Å². The van der Waals surface area contributed by atoms with Crippen LogP contribution in [0.4, 0.5) is 11.4 Å². The van der Waals surface area contributed by atoms with Crippen molar-refractivity contribution in [2.24, 2.45) is 0 Å². The Kier molecular flexibility index (Phi) is 3.58. The topological polar surface area (TPSA) is 41.1 Å². The number of pyridine rings is 2. The lowest BCUT2D eigenvalue weighted by molar-refractivity contribution is 0.680. The SMILES string of the molecule is CC(CNc1ccnc2cccnc12)N1CCc2ccccc21. The average molecular weight is 304 g/mol. The molecule has 1 atom stereocenters. The summed E-state index contributed by atoms with van der Waals surface area (Å²) in [6.07, 6.45) is 4.79. The van der Waals surface area contributed by atoms with E-state index in [0.717, 1.165) is 36.2 Å². The van der Waals surface area contributed by atoms with E-state index >= 15 is 0 Å². The molecule has 2 aromatic heterocycles. The smallest absolute Gasteiger partial charge is 0.112 e. The normalized spacial score (nSPS) is 14.7. The molecular formula is C19H20N4. The van der Waals surface area contributed by atoms with E-state index < -0.39 is 0 Å². The summed E-state index contributed by atoms with van der Waals surface area (Å²) in [6, 6.07) is 15.0. The van der Waals surface area contributed by atoms with Gasteiger partial charge in [-0.25, -0.2) is 0 Å². The van der Waals surface area contributed by atoms with Crippen molar-refractivity contribution in [3.05, 3.63) is 60.4 Å². The molecule has 4 nitrogen and oxygen atoms in total. The highest BCUT2D eigenvalue weighted by Crippen LogP contribution is 2.29. The van der Waals surface area contributed by atoms with E-state index in [4.69, 9.17) is 0 Å². The molecule has 0 saturated heterocycles. The molecule has 3 aromatic rings. The number of rotatable bonds is 4. The second-order valence-corrected chi connectivity index (χ2v) is 6.03. The monoisotopic (exact) mass is 304 g/mol. The number of hydrogen-bond donors (Lipinski definition) is 1. The Morgan fingerprint density at radius 3 is 2.96 bits per heavy atom. The van der Waals surface area contributed by atoms with Gasteiger partial charge in [-0.2, -0.15) is 0 Å². The number of fused-ring (bicyclic) bond motifs is 2. The molecule has 1 aliphatic heterocycles. The molecule has 0 saturated carbocycles.